The van der Waals surface area contributed by atoms with E-state index < -0.39 is 0 Å². The Hall–Kier alpha value is -1.34. The van der Waals surface area contributed by atoms with Crippen molar-refractivity contribution in [3.8, 4) is 0 Å². The lowest BCUT2D eigenvalue weighted by Crippen LogP contribution is -2.40. The number of nitrogens with one attached hydrogen (secondary N) is 1. The van der Waals surface area contributed by atoms with Crippen molar-refractivity contribution in [1.82, 2.24) is 4.90 Å². The van der Waals surface area contributed by atoms with E-state index >= 15 is 0 Å². The van der Waals surface area contributed by atoms with Crippen molar-refractivity contribution < 1.29 is 14.3 Å². The van der Waals surface area contributed by atoms with Crippen LogP contribution in [0.15, 0.2) is 18.2 Å². The summed E-state index contributed by atoms with van der Waals surface area (Å²) in [5, 5.41) is 3.09. The summed E-state index contributed by atoms with van der Waals surface area (Å²) in [6, 6.07) is 4.90. The fourth-order valence-electron chi connectivity index (χ4n) is 2.29. The van der Waals surface area contributed by atoms with Crippen molar-refractivity contribution >= 4 is 41.5 Å². The Bertz CT molecular complexity index is 576. The first-order valence-corrected chi connectivity index (χ1v) is 8.07. The zero-order chi connectivity index (χ0) is 16.8. The zero-order valence-corrected chi connectivity index (χ0v) is 15.2. The van der Waals surface area contributed by atoms with Crippen LogP contribution in [-0.4, -0.2) is 49.1 Å². The van der Waals surface area contributed by atoms with Gasteiger partial charge in [0.25, 0.3) is 5.91 Å². The number of anilines is 1. The number of hydrogen-bond donors (Lipinski definition) is 2. The Morgan fingerprint density at radius 2 is 2.04 bits per heavy atom. The molecule has 3 N–H and O–H groups in total. The van der Waals surface area contributed by atoms with Gasteiger partial charge in [-0.1, -0.05) is 11.6 Å². The molecule has 0 saturated carbocycles. The van der Waals surface area contributed by atoms with Crippen molar-refractivity contribution in [2.75, 3.05) is 31.6 Å². The SMILES string of the molecule is CC(N)CCC(=O)Nc1ccc(C(=O)N2CCOCC2)c(Cl)c1.Cl. The Morgan fingerprint density at radius 1 is 1.38 bits per heavy atom. The maximum atomic E-state index is 12.4. The highest BCUT2D eigenvalue weighted by Crippen LogP contribution is 2.23. The van der Waals surface area contributed by atoms with Crippen LogP contribution in [0.5, 0.6) is 0 Å². The van der Waals surface area contributed by atoms with Crippen molar-refractivity contribution in [1.29, 1.82) is 0 Å². The fraction of sp³-hybridized carbons (Fsp3) is 0.500. The molecule has 6 nitrogen and oxygen atoms in total. The smallest absolute Gasteiger partial charge is 0.255 e. The standard InChI is InChI=1S/C16H22ClN3O3.ClH/c1-11(18)2-5-15(21)19-12-3-4-13(14(17)10-12)16(22)20-6-8-23-9-7-20;/h3-4,10-11H,2,5-9,18H2,1H3,(H,19,21);1H. The predicted octanol–water partition coefficient (Wildman–Crippen LogP) is 2.30. The molecule has 24 heavy (non-hydrogen) atoms. The first-order chi connectivity index (χ1) is 11.0. The largest absolute Gasteiger partial charge is 0.378 e. The molecule has 1 saturated heterocycles. The van der Waals surface area contributed by atoms with Crippen LogP contribution in [0.2, 0.25) is 5.02 Å². The average molecular weight is 376 g/mol. The van der Waals surface area contributed by atoms with E-state index in [4.69, 9.17) is 22.1 Å². The fourth-order valence-corrected chi connectivity index (χ4v) is 2.55. The molecule has 0 bridgehead atoms. The topological polar surface area (TPSA) is 84.7 Å². The summed E-state index contributed by atoms with van der Waals surface area (Å²) in [6.07, 6.45) is 0.969. The molecule has 1 aliphatic heterocycles. The Morgan fingerprint density at radius 3 is 2.62 bits per heavy atom. The third kappa shape index (κ3) is 5.94. The number of morpholine rings is 1. The summed E-state index contributed by atoms with van der Waals surface area (Å²) in [7, 11) is 0. The van der Waals surface area contributed by atoms with Crippen LogP contribution in [0.3, 0.4) is 0 Å². The summed E-state index contributed by atoms with van der Waals surface area (Å²) >= 11 is 6.20. The molecule has 0 aliphatic carbocycles. The maximum absolute atomic E-state index is 12.4. The molecule has 1 unspecified atom stereocenters. The van der Waals surface area contributed by atoms with Gasteiger partial charge in [-0.05, 0) is 31.5 Å². The van der Waals surface area contributed by atoms with Crippen molar-refractivity contribution in [3.05, 3.63) is 28.8 Å². The molecule has 0 aromatic heterocycles. The van der Waals surface area contributed by atoms with Gasteiger partial charge in [-0.3, -0.25) is 9.59 Å². The molecule has 2 rings (SSSR count). The number of ether oxygens (including phenoxy) is 1. The second-order valence-electron chi connectivity index (χ2n) is 5.66. The van der Waals surface area contributed by atoms with Crippen LogP contribution in [0.25, 0.3) is 0 Å². The van der Waals surface area contributed by atoms with Crippen LogP contribution < -0.4 is 11.1 Å². The van der Waals surface area contributed by atoms with E-state index in [1.54, 1.807) is 23.1 Å². The number of nitrogens with zero attached hydrogens (tertiary/aromatic N) is 1. The zero-order valence-electron chi connectivity index (χ0n) is 13.6. The molecule has 1 atom stereocenters. The molecule has 1 fully saturated rings. The van der Waals surface area contributed by atoms with Gasteiger partial charge in [0.1, 0.15) is 0 Å². The number of halogens is 2. The summed E-state index contributed by atoms with van der Waals surface area (Å²) in [4.78, 5) is 25.9. The lowest BCUT2D eigenvalue weighted by atomic mass is 10.1. The van der Waals surface area contributed by atoms with Crippen molar-refractivity contribution in [2.24, 2.45) is 5.73 Å². The normalized spacial score (nSPS) is 15.4. The lowest BCUT2D eigenvalue weighted by Gasteiger charge is -2.27. The molecule has 0 spiro atoms. The van der Waals surface area contributed by atoms with E-state index in [2.05, 4.69) is 5.32 Å². The van der Waals surface area contributed by atoms with Gasteiger partial charge in [0.15, 0.2) is 0 Å². The van der Waals surface area contributed by atoms with Crippen LogP contribution in [0, 0.1) is 0 Å². The highest BCUT2D eigenvalue weighted by atomic mass is 35.5. The minimum absolute atomic E-state index is 0. The van der Waals surface area contributed by atoms with Gasteiger partial charge in [0.2, 0.25) is 5.91 Å². The quantitative estimate of drug-likeness (QED) is 0.826. The first kappa shape index (κ1) is 20.7. The van der Waals surface area contributed by atoms with Gasteiger partial charge in [-0.25, -0.2) is 0 Å². The molecular weight excluding hydrogens is 353 g/mol. The molecule has 2 amide bonds. The van der Waals surface area contributed by atoms with Gasteiger partial charge in [-0.2, -0.15) is 0 Å². The van der Waals surface area contributed by atoms with Gasteiger partial charge < -0.3 is 20.7 Å². The van der Waals surface area contributed by atoms with Crippen LogP contribution in [0.1, 0.15) is 30.1 Å². The molecule has 1 aromatic rings. The summed E-state index contributed by atoms with van der Waals surface area (Å²) in [5.74, 6) is -0.237. The van der Waals surface area contributed by atoms with Gasteiger partial charge >= 0.3 is 0 Å². The minimum atomic E-state index is -0.120. The Labute approximate surface area is 153 Å². The van der Waals surface area contributed by atoms with Gasteiger partial charge in [0.05, 0.1) is 23.8 Å². The van der Waals surface area contributed by atoms with E-state index in [9.17, 15) is 9.59 Å². The van der Waals surface area contributed by atoms with E-state index in [-0.39, 0.29) is 30.3 Å². The summed E-state index contributed by atoms with van der Waals surface area (Å²) in [6.45, 7) is 4.06. The number of carbonyl (C=O) groups excluding carboxylic acids is 2. The monoisotopic (exact) mass is 375 g/mol. The number of hydrogen-bond acceptors (Lipinski definition) is 4. The molecule has 1 heterocycles. The van der Waals surface area contributed by atoms with E-state index in [1.165, 1.54) is 0 Å². The third-order valence-corrected chi connectivity index (χ3v) is 3.92. The highest BCUT2D eigenvalue weighted by Gasteiger charge is 2.20. The minimum Gasteiger partial charge on any atom is -0.378 e. The van der Waals surface area contributed by atoms with Gasteiger partial charge in [0, 0.05) is 31.2 Å². The van der Waals surface area contributed by atoms with E-state index in [0.29, 0.717) is 55.4 Å². The molecular formula is C16H23Cl2N3O3. The molecule has 134 valence electrons. The summed E-state index contributed by atoms with van der Waals surface area (Å²) in [5.41, 5.74) is 6.64. The lowest BCUT2D eigenvalue weighted by molar-refractivity contribution is -0.116. The number of amides is 2. The predicted molar refractivity (Wildman–Crippen MR) is 96.9 cm³/mol. The van der Waals surface area contributed by atoms with E-state index in [0.717, 1.165) is 0 Å². The first-order valence-electron chi connectivity index (χ1n) is 7.69. The Balaban J connectivity index is 0.00000288. The number of nitrogens with two attached hydrogens (primary N) is 1. The number of benzene rings is 1. The van der Waals surface area contributed by atoms with E-state index in [1.807, 2.05) is 6.92 Å². The second kappa shape index (κ2) is 9.84. The molecule has 8 heteroatoms. The van der Waals surface area contributed by atoms with Crippen molar-refractivity contribution in [3.63, 3.8) is 0 Å². The average Bonchev–Trinajstić information content (AvgIpc) is 2.53. The number of rotatable bonds is 5. The second-order valence-corrected chi connectivity index (χ2v) is 6.07. The Kier molecular flexibility index (Phi) is 8.48. The van der Waals surface area contributed by atoms with Gasteiger partial charge in [-0.15, -0.1) is 12.4 Å². The van der Waals surface area contributed by atoms with Crippen LogP contribution in [-0.2, 0) is 9.53 Å². The van der Waals surface area contributed by atoms with Crippen LogP contribution >= 0.6 is 24.0 Å². The number of carbonyl (C=O) groups is 2. The van der Waals surface area contributed by atoms with Crippen molar-refractivity contribution in [2.45, 2.75) is 25.8 Å². The molecule has 0 radical (unpaired) electrons. The van der Waals surface area contributed by atoms with Crippen LogP contribution in [0.4, 0.5) is 5.69 Å². The highest BCUT2D eigenvalue weighted by molar-refractivity contribution is 6.34. The molecule has 1 aliphatic rings. The molecule has 1 aromatic carbocycles. The third-order valence-electron chi connectivity index (χ3n) is 3.61. The maximum Gasteiger partial charge on any atom is 0.255 e. The summed E-state index contributed by atoms with van der Waals surface area (Å²) < 4.78 is 5.24.